The summed E-state index contributed by atoms with van der Waals surface area (Å²) in [5.74, 6) is 0.938. The van der Waals surface area contributed by atoms with E-state index in [1.54, 1.807) is 18.1 Å². The van der Waals surface area contributed by atoms with Gasteiger partial charge in [0.1, 0.15) is 6.33 Å². The highest BCUT2D eigenvalue weighted by atomic mass is 32.2. The van der Waals surface area contributed by atoms with E-state index < -0.39 is 0 Å². The lowest BCUT2D eigenvalue weighted by molar-refractivity contribution is 0.0989. The Hall–Kier alpha value is -1.62. The quantitative estimate of drug-likeness (QED) is 0.604. The van der Waals surface area contributed by atoms with Crippen molar-refractivity contribution in [2.24, 2.45) is 0 Å². The predicted octanol–water partition coefficient (Wildman–Crippen LogP) is 3.29. The number of carbonyl (C=O) groups is 1. The predicted molar refractivity (Wildman–Crippen MR) is 79.1 cm³/mol. The van der Waals surface area contributed by atoms with Gasteiger partial charge in [0.05, 0.1) is 0 Å². The molecule has 104 valence electrons. The molecule has 0 spiro atoms. The van der Waals surface area contributed by atoms with E-state index in [-0.39, 0.29) is 5.78 Å². The number of Topliss-reactive ketones (excluding diaryl/α,β-unsaturated/α-hetero) is 1. The van der Waals surface area contributed by atoms with Gasteiger partial charge in [-0.1, -0.05) is 41.6 Å². The Morgan fingerprint density at radius 1 is 1.35 bits per heavy atom. The van der Waals surface area contributed by atoms with E-state index in [0.29, 0.717) is 12.5 Å². The second-order valence-electron chi connectivity index (χ2n) is 5.14. The third-order valence-electron chi connectivity index (χ3n) is 3.41. The normalized spacial score (nSPS) is 14.4. The molecule has 1 aromatic heterocycles. The molecule has 0 amide bonds. The molecule has 0 unspecified atom stereocenters. The lowest BCUT2D eigenvalue weighted by Crippen LogP contribution is -2.02. The van der Waals surface area contributed by atoms with Gasteiger partial charge in [-0.3, -0.25) is 4.79 Å². The van der Waals surface area contributed by atoms with Gasteiger partial charge >= 0.3 is 0 Å². The average Bonchev–Trinajstić information content (AvgIpc) is 3.19. The molecule has 1 saturated carbocycles. The highest BCUT2D eigenvalue weighted by Gasteiger charge is 2.26. The van der Waals surface area contributed by atoms with Crippen LogP contribution in [0, 0.1) is 6.92 Å². The molecule has 0 aliphatic heterocycles. The van der Waals surface area contributed by atoms with Crippen molar-refractivity contribution in [3.8, 4) is 0 Å². The molecule has 1 fully saturated rings. The minimum atomic E-state index is 0.190. The van der Waals surface area contributed by atoms with E-state index in [0.717, 1.165) is 16.5 Å². The number of aromatic nitrogens is 3. The van der Waals surface area contributed by atoms with Gasteiger partial charge < -0.3 is 4.57 Å². The molecule has 20 heavy (non-hydrogen) atoms. The number of aryl methyl sites for hydroxylation is 1. The molecule has 0 bridgehead atoms. The van der Waals surface area contributed by atoms with E-state index in [1.165, 1.54) is 18.4 Å². The smallest absolute Gasteiger partial charge is 0.191 e. The zero-order chi connectivity index (χ0) is 13.9. The molecular formula is C15H17N3OS. The molecule has 0 saturated heterocycles. The third-order valence-corrected chi connectivity index (χ3v) is 4.37. The summed E-state index contributed by atoms with van der Waals surface area (Å²) in [7, 11) is 0. The zero-order valence-electron chi connectivity index (χ0n) is 11.5. The van der Waals surface area contributed by atoms with Crippen LogP contribution in [0.5, 0.6) is 0 Å². The number of nitrogens with zero attached hydrogens (tertiary/aromatic N) is 3. The second kappa shape index (κ2) is 5.79. The summed E-state index contributed by atoms with van der Waals surface area (Å²) < 4.78 is 2.13. The summed E-state index contributed by atoms with van der Waals surface area (Å²) in [6.07, 6.45) is 4.76. The summed E-state index contributed by atoms with van der Waals surface area (Å²) in [5.41, 5.74) is 1.97. The molecular weight excluding hydrogens is 270 g/mol. The number of hydrogen-bond acceptors (Lipinski definition) is 4. The molecule has 4 nitrogen and oxygen atoms in total. The van der Waals surface area contributed by atoms with Gasteiger partial charge in [-0.2, -0.15) is 0 Å². The average molecular weight is 287 g/mol. The molecule has 0 N–H and O–H groups in total. The summed E-state index contributed by atoms with van der Waals surface area (Å²) in [4.78, 5) is 12.1. The summed E-state index contributed by atoms with van der Waals surface area (Å²) in [5, 5.41) is 9.01. The van der Waals surface area contributed by atoms with E-state index >= 15 is 0 Å². The van der Waals surface area contributed by atoms with Crippen LogP contribution in [0.3, 0.4) is 0 Å². The standard InChI is InChI=1S/C15H17N3OS/c1-11-2-4-12(5-3-11)14(19)8-9-20-15-17-16-10-18(15)13-6-7-13/h2-5,10,13H,6-9H2,1H3. The fourth-order valence-electron chi connectivity index (χ4n) is 2.06. The highest BCUT2D eigenvalue weighted by Crippen LogP contribution is 2.37. The molecule has 0 radical (unpaired) electrons. The van der Waals surface area contributed by atoms with Crippen LogP contribution in [-0.4, -0.2) is 26.3 Å². The summed E-state index contributed by atoms with van der Waals surface area (Å²) in [6.45, 7) is 2.02. The first kappa shape index (κ1) is 13.4. The van der Waals surface area contributed by atoms with Crippen LogP contribution in [0.2, 0.25) is 0 Å². The first-order valence-corrected chi connectivity index (χ1v) is 7.85. The van der Waals surface area contributed by atoms with Gasteiger partial charge in [-0.05, 0) is 19.8 Å². The van der Waals surface area contributed by atoms with Crippen molar-refractivity contribution in [3.63, 3.8) is 0 Å². The molecule has 3 rings (SSSR count). The molecule has 5 heteroatoms. The maximum Gasteiger partial charge on any atom is 0.191 e. The van der Waals surface area contributed by atoms with Gasteiger partial charge in [0.2, 0.25) is 0 Å². The fourth-order valence-corrected chi connectivity index (χ4v) is 2.98. The van der Waals surface area contributed by atoms with Crippen LogP contribution in [0.25, 0.3) is 0 Å². The lowest BCUT2D eigenvalue weighted by Gasteiger charge is -2.04. The van der Waals surface area contributed by atoms with Gasteiger partial charge in [-0.25, -0.2) is 0 Å². The van der Waals surface area contributed by atoms with E-state index in [1.807, 2.05) is 31.2 Å². The first-order chi connectivity index (χ1) is 9.74. The maximum atomic E-state index is 12.1. The number of ketones is 1. The Balaban J connectivity index is 1.53. The van der Waals surface area contributed by atoms with Crippen LogP contribution < -0.4 is 0 Å². The van der Waals surface area contributed by atoms with Crippen LogP contribution in [0.15, 0.2) is 35.7 Å². The Bertz CT molecular complexity index is 602. The number of benzene rings is 1. The van der Waals surface area contributed by atoms with E-state index in [2.05, 4.69) is 14.8 Å². The fraction of sp³-hybridized carbons (Fsp3) is 0.400. The number of hydrogen-bond donors (Lipinski definition) is 0. The van der Waals surface area contributed by atoms with Crippen LogP contribution in [-0.2, 0) is 0 Å². The molecule has 0 atom stereocenters. The number of carbonyl (C=O) groups excluding carboxylic acids is 1. The molecule has 1 aromatic carbocycles. The van der Waals surface area contributed by atoms with Crippen molar-refractivity contribution in [1.82, 2.24) is 14.8 Å². The van der Waals surface area contributed by atoms with Crippen molar-refractivity contribution >= 4 is 17.5 Å². The van der Waals surface area contributed by atoms with Gasteiger partial charge in [-0.15, -0.1) is 10.2 Å². The second-order valence-corrected chi connectivity index (χ2v) is 6.20. The minimum Gasteiger partial charge on any atom is -0.306 e. The topological polar surface area (TPSA) is 47.8 Å². The van der Waals surface area contributed by atoms with Crippen molar-refractivity contribution in [2.75, 3.05) is 5.75 Å². The molecule has 1 heterocycles. The van der Waals surface area contributed by atoms with Crippen LogP contribution in [0.1, 0.15) is 41.2 Å². The minimum absolute atomic E-state index is 0.190. The Kier molecular flexibility index (Phi) is 3.87. The Morgan fingerprint density at radius 2 is 2.10 bits per heavy atom. The van der Waals surface area contributed by atoms with Crippen molar-refractivity contribution in [3.05, 3.63) is 41.7 Å². The van der Waals surface area contributed by atoms with Crippen LogP contribution >= 0.6 is 11.8 Å². The third kappa shape index (κ3) is 3.10. The first-order valence-electron chi connectivity index (χ1n) is 6.86. The zero-order valence-corrected chi connectivity index (χ0v) is 12.3. The monoisotopic (exact) mass is 287 g/mol. The highest BCUT2D eigenvalue weighted by molar-refractivity contribution is 7.99. The van der Waals surface area contributed by atoms with Crippen molar-refractivity contribution < 1.29 is 4.79 Å². The SMILES string of the molecule is Cc1ccc(C(=O)CCSc2nncn2C2CC2)cc1. The largest absolute Gasteiger partial charge is 0.306 e. The lowest BCUT2D eigenvalue weighted by atomic mass is 10.1. The van der Waals surface area contributed by atoms with E-state index in [9.17, 15) is 4.79 Å². The van der Waals surface area contributed by atoms with Gasteiger partial charge in [0, 0.05) is 23.8 Å². The molecule has 1 aliphatic carbocycles. The van der Waals surface area contributed by atoms with Crippen molar-refractivity contribution in [1.29, 1.82) is 0 Å². The van der Waals surface area contributed by atoms with E-state index in [4.69, 9.17) is 0 Å². The number of thioether (sulfide) groups is 1. The Morgan fingerprint density at radius 3 is 2.80 bits per heavy atom. The molecule has 1 aliphatic rings. The van der Waals surface area contributed by atoms with Gasteiger partial charge in [0.15, 0.2) is 10.9 Å². The van der Waals surface area contributed by atoms with Crippen molar-refractivity contribution in [2.45, 2.75) is 37.4 Å². The number of rotatable bonds is 6. The summed E-state index contributed by atoms with van der Waals surface area (Å²) >= 11 is 1.62. The maximum absolute atomic E-state index is 12.1. The van der Waals surface area contributed by atoms with Gasteiger partial charge in [0.25, 0.3) is 0 Å². The molecule has 2 aromatic rings. The summed E-state index contributed by atoms with van der Waals surface area (Å²) in [6, 6.07) is 8.33. The van der Waals surface area contributed by atoms with Crippen LogP contribution in [0.4, 0.5) is 0 Å². The Labute approximate surface area is 122 Å².